The second kappa shape index (κ2) is 11.9. The molecular weight excluding hydrogens is 731 g/mol. The number of carboxylic acids is 4. The standard InChI is InChI=1S/C36H18N8O8.Co/c45-33(46)13-1-5-17-21(9-13)29-37-25(17)41-30-22-10-14(34(47)48)2-6-18(22)27(38-30)43-32-24-12-16(36(51)52)4-8-20(24)28(40-32)44-31-23-11-15(35(49)50)3-7-19(23)26(39-31)42-29;/h1-12H,(H6,37,38,39,40,41,42,43,44,45,46,47,48,49,50,51,52);/q;+2/p-6. The van der Waals surface area contributed by atoms with Crippen molar-refractivity contribution in [3.05, 3.63) is 95.1 Å². The Labute approximate surface area is 304 Å². The van der Waals surface area contributed by atoms with Crippen molar-refractivity contribution in [3.8, 4) is 45.6 Å². The van der Waals surface area contributed by atoms with Gasteiger partial charge in [-0.2, -0.15) is 0 Å². The summed E-state index contributed by atoms with van der Waals surface area (Å²) < 4.78 is 0. The van der Waals surface area contributed by atoms with Gasteiger partial charge in [0.05, 0.1) is 47.2 Å². The Bertz CT molecular complexity index is 2810. The van der Waals surface area contributed by atoms with Gasteiger partial charge in [-0.25, -0.2) is 9.97 Å². The van der Waals surface area contributed by atoms with Gasteiger partial charge >= 0.3 is 16.8 Å². The molecule has 0 saturated heterocycles. The van der Waals surface area contributed by atoms with Gasteiger partial charge < -0.3 is 69.5 Å². The number of benzene rings is 4. The van der Waals surface area contributed by atoms with E-state index in [1.807, 2.05) is 0 Å². The maximum Gasteiger partial charge on any atom is 2.00 e. The van der Waals surface area contributed by atoms with Crippen LogP contribution in [-0.2, 0) is 16.8 Å². The number of fused-ring (bicyclic) bond motifs is 20. The fraction of sp³-hybridized carbons (Fsp3) is 0. The molecule has 7 aromatic rings. The molecule has 0 aliphatic carbocycles. The number of carbonyl (C=O) groups excluding carboxylic acids is 4. The van der Waals surface area contributed by atoms with E-state index in [1.54, 1.807) is 0 Å². The third-order valence-electron chi connectivity index (χ3n) is 8.64. The van der Waals surface area contributed by atoms with Gasteiger partial charge in [0.2, 0.25) is 0 Å². The molecule has 9 rings (SSSR count). The molecule has 1 radical (unpaired) electrons. The van der Waals surface area contributed by atoms with Crippen LogP contribution in [0.25, 0.3) is 89.7 Å². The number of aromatic carboxylic acids is 4. The Balaban J connectivity index is 0.00000400. The number of nitrogens with zero attached hydrogens (tertiary/aromatic N) is 8. The number of carboxylic acid groups (broad SMARTS) is 4. The largest absolute Gasteiger partial charge is 2.00 e. The summed E-state index contributed by atoms with van der Waals surface area (Å²) in [5, 5.41) is 48.6. The molecule has 0 unspecified atom stereocenters. The molecule has 17 heteroatoms. The van der Waals surface area contributed by atoms with Gasteiger partial charge in [-0.3, -0.25) is 0 Å². The summed E-state index contributed by atoms with van der Waals surface area (Å²) in [6.45, 7) is 0. The average Bonchev–Trinajstić information content (AvgIpc) is 3.85. The Morgan fingerprint density at radius 1 is 0.377 bits per heavy atom. The minimum Gasteiger partial charge on any atom is -0.545 e. The molecule has 0 saturated carbocycles. The smallest absolute Gasteiger partial charge is 0.545 e. The number of carbonyl (C=O) groups is 4. The normalized spacial score (nSPS) is 11.5. The third kappa shape index (κ3) is 5.22. The first-order valence-corrected chi connectivity index (χ1v) is 15.2. The molecule has 2 aliphatic rings. The van der Waals surface area contributed by atoms with Gasteiger partial charge in [0.1, 0.15) is 0 Å². The quantitative estimate of drug-likeness (QED) is 0.221. The van der Waals surface area contributed by atoms with Crippen molar-refractivity contribution in [3.63, 3.8) is 0 Å². The Kier molecular flexibility index (Phi) is 7.34. The summed E-state index contributed by atoms with van der Waals surface area (Å²) in [6, 6.07) is 16.3. The van der Waals surface area contributed by atoms with E-state index >= 15 is 0 Å². The number of hydrogen-bond acceptors (Lipinski definition) is 14. The van der Waals surface area contributed by atoms with E-state index in [4.69, 9.17) is 0 Å². The van der Waals surface area contributed by atoms with Gasteiger partial charge in [-0.05, 0) is 68.1 Å². The molecule has 2 aliphatic heterocycles. The molecule has 4 aromatic carbocycles. The van der Waals surface area contributed by atoms with E-state index < -0.39 is 23.9 Å². The molecule has 0 N–H and O–H groups in total. The monoisotopic (exact) mass is 743 g/mol. The van der Waals surface area contributed by atoms with Crippen LogP contribution in [-0.4, -0.2) is 53.8 Å². The van der Waals surface area contributed by atoms with Crippen LogP contribution in [0.4, 0.5) is 0 Å². The molecule has 5 heterocycles. The summed E-state index contributed by atoms with van der Waals surface area (Å²) in [7, 11) is 0. The van der Waals surface area contributed by atoms with Crippen molar-refractivity contribution in [1.82, 2.24) is 39.9 Å². The zero-order valence-corrected chi connectivity index (χ0v) is 27.1. The van der Waals surface area contributed by atoms with E-state index in [9.17, 15) is 39.6 Å². The van der Waals surface area contributed by atoms with E-state index in [2.05, 4.69) is 39.9 Å². The molecule has 16 nitrogen and oxygen atoms in total. The summed E-state index contributed by atoms with van der Waals surface area (Å²) in [4.78, 5) is 84.4. The summed E-state index contributed by atoms with van der Waals surface area (Å²) in [5.74, 6) is -5.77. The van der Waals surface area contributed by atoms with E-state index in [0.717, 1.165) is 0 Å². The molecule has 0 fully saturated rings. The summed E-state index contributed by atoms with van der Waals surface area (Å²) in [6.07, 6.45) is 0. The molecule has 0 amide bonds. The molecular formula is C36H12CoN8O8-4. The molecule has 8 bridgehead atoms. The fourth-order valence-corrected chi connectivity index (χ4v) is 6.17. The van der Waals surface area contributed by atoms with E-state index in [1.165, 1.54) is 72.8 Å². The van der Waals surface area contributed by atoms with Crippen LogP contribution < -0.4 is 30.4 Å². The van der Waals surface area contributed by atoms with Gasteiger partial charge in [0.25, 0.3) is 0 Å². The van der Waals surface area contributed by atoms with E-state index in [-0.39, 0.29) is 107 Å². The Hall–Kier alpha value is -7.37. The number of aromatic nitrogens is 8. The van der Waals surface area contributed by atoms with Crippen molar-refractivity contribution < 1.29 is 56.4 Å². The molecule has 3 aromatic heterocycles. The summed E-state index contributed by atoms with van der Waals surface area (Å²) in [5.41, 5.74) is 0.547. The van der Waals surface area contributed by atoms with Crippen LogP contribution in [0.1, 0.15) is 41.4 Å². The maximum atomic E-state index is 11.8. The van der Waals surface area contributed by atoms with Crippen molar-refractivity contribution in [2.24, 2.45) is 0 Å². The Morgan fingerprint density at radius 3 is 1.04 bits per heavy atom. The second-order valence-electron chi connectivity index (χ2n) is 11.7. The van der Waals surface area contributed by atoms with Crippen LogP contribution in [0.15, 0.2) is 72.8 Å². The van der Waals surface area contributed by atoms with Crippen molar-refractivity contribution >= 4 is 68.0 Å². The SMILES string of the molecule is O=C([O-])c1ccc2c(c1)-c1nc-2nc2[n-]c(nc3nc(nc4[n-]c(n1)c1ccc(C(=O)[O-])cc41)-c1ccc(C(=O)[O-])cc1-3)c1ccc(C(=O)[O-])cc21.[Co+2]. The van der Waals surface area contributed by atoms with Crippen molar-refractivity contribution in [1.29, 1.82) is 0 Å². The first-order valence-electron chi connectivity index (χ1n) is 15.2. The molecule has 0 spiro atoms. The van der Waals surface area contributed by atoms with Crippen LogP contribution >= 0.6 is 0 Å². The third-order valence-corrected chi connectivity index (χ3v) is 8.64. The van der Waals surface area contributed by atoms with Gasteiger partial charge in [-0.15, -0.1) is 0 Å². The minimum absolute atomic E-state index is 0. The molecule has 0 atom stereocenters. The van der Waals surface area contributed by atoms with Crippen molar-refractivity contribution in [2.45, 2.75) is 0 Å². The minimum atomic E-state index is -1.45. The van der Waals surface area contributed by atoms with Crippen molar-refractivity contribution in [2.75, 3.05) is 0 Å². The fourth-order valence-electron chi connectivity index (χ4n) is 6.17. The topological polar surface area (TPSA) is 266 Å². The molecule has 53 heavy (non-hydrogen) atoms. The number of rotatable bonds is 4. The predicted molar refractivity (Wildman–Crippen MR) is 171 cm³/mol. The van der Waals surface area contributed by atoms with Crippen LogP contribution in [0, 0.1) is 0 Å². The Morgan fingerprint density at radius 2 is 0.679 bits per heavy atom. The van der Waals surface area contributed by atoms with Gasteiger partial charge in [0.15, 0.2) is 0 Å². The van der Waals surface area contributed by atoms with E-state index in [0.29, 0.717) is 21.9 Å². The summed E-state index contributed by atoms with van der Waals surface area (Å²) >= 11 is 0. The van der Waals surface area contributed by atoms with Crippen LogP contribution in [0.2, 0.25) is 0 Å². The second-order valence-corrected chi connectivity index (χ2v) is 11.7. The van der Waals surface area contributed by atoms with Gasteiger partial charge in [0, 0.05) is 44.8 Å². The van der Waals surface area contributed by atoms with Crippen LogP contribution in [0.3, 0.4) is 0 Å². The first kappa shape index (κ1) is 32.8. The average molecular weight is 743 g/mol. The van der Waals surface area contributed by atoms with Gasteiger partial charge in [-0.1, -0.05) is 48.5 Å². The molecule has 257 valence electrons. The van der Waals surface area contributed by atoms with Crippen LogP contribution in [0.5, 0.6) is 0 Å². The number of hydrogen-bond donors (Lipinski definition) is 0. The first-order chi connectivity index (χ1) is 25.0. The zero-order valence-electron chi connectivity index (χ0n) is 26.1. The maximum absolute atomic E-state index is 11.8. The predicted octanol–water partition coefficient (Wildman–Crippen LogP) is -0.421. The zero-order chi connectivity index (χ0) is 36.0.